The van der Waals surface area contributed by atoms with Crippen LogP contribution in [0.4, 0.5) is 0 Å². The van der Waals surface area contributed by atoms with E-state index >= 15 is 0 Å². The van der Waals surface area contributed by atoms with Gasteiger partial charge in [-0.05, 0) is 32.9 Å². The molecule has 0 radical (unpaired) electrons. The van der Waals surface area contributed by atoms with E-state index in [4.69, 9.17) is 5.11 Å². The fourth-order valence-electron chi connectivity index (χ4n) is 0.613. The maximum atomic E-state index is 8.81. The molecule has 0 aliphatic heterocycles. The van der Waals surface area contributed by atoms with E-state index < -0.39 is 0 Å². The van der Waals surface area contributed by atoms with Crippen LogP contribution in [0, 0.1) is 0 Å². The highest BCUT2D eigenvalue weighted by Crippen LogP contribution is 1.85. The molecule has 0 spiro atoms. The number of aliphatic hydroxyl groups excluding tert-OH is 1. The summed E-state index contributed by atoms with van der Waals surface area (Å²) in [7, 11) is 0. The van der Waals surface area contributed by atoms with Gasteiger partial charge in [-0.2, -0.15) is 0 Å². The molecular formula is C7H17NO. The van der Waals surface area contributed by atoms with Crippen molar-refractivity contribution in [3.8, 4) is 0 Å². The van der Waals surface area contributed by atoms with Gasteiger partial charge in [-0.15, -0.1) is 0 Å². The fourth-order valence-corrected chi connectivity index (χ4v) is 0.613. The van der Waals surface area contributed by atoms with Crippen LogP contribution in [-0.4, -0.2) is 24.3 Å². The molecule has 2 heteroatoms. The van der Waals surface area contributed by atoms with E-state index in [9.17, 15) is 0 Å². The smallest absolute Gasteiger partial charge is 0.0524 e. The Morgan fingerprint density at radius 2 is 2.11 bits per heavy atom. The minimum atomic E-state index is -0.158. The summed E-state index contributed by atoms with van der Waals surface area (Å²) >= 11 is 0. The van der Waals surface area contributed by atoms with Crippen molar-refractivity contribution in [2.45, 2.75) is 32.8 Å². The third-order valence-electron chi connectivity index (χ3n) is 1.17. The van der Waals surface area contributed by atoms with Crippen LogP contribution in [0.5, 0.6) is 0 Å². The van der Waals surface area contributed by atoms with Crippen molar-refractivity contribution < 1.29 is 5.11 Å². The van der Waals surface area contributed by atoms with Gasteiger partial charge in [-0.25, -0.2) is 0 Å². The minimum Gasteiger partial charge on any atom is -0.393 e. The summed E-state index contributed by atoms with van der Waals surface area (Å²) < 4.78 is 0. The summed E-state index contributed by atoms with van der Waals surface area (Å²) in [5, 5.41) is 12.0. The Morgan fingerprint density at radius 3 is 2.56 bits per heavy atom. The second kappa shape index (κ2) is 6.05. The number of nitrogens with one attached hydrogen (secondary N) is 1. The van der Waals surface area contributed by atoms with Crippen molar-refractivity contribution in [1.29, 1.82) is 0 Å². The lowest BCUT2D eigenvalue weighted by molar-refractivity contribution is 0.184. The van der Waals surface area contributed by atoms with E-state index in [-0.39, 0.29) is 6.10 Å². The third kappa shape index (κ3) is 7.92. The van der Waals surface area contributed by atoms with E-state index in [2.05, 4.69) is 12.2 Å². The molecule has 2 nitrogen and oxygen atoms in total. The van der Waals surface area contributed by atoms with Crippen molar-refractivity contribution in [2.24, 2.45) is 0 Å². The molecule has 0 bridgehead atoms. The molecule has 0 fully saturated rings. The lowest BCUT2D eigenvalue weighted by Crippen LogP contribution is -2.19. The normalized spacial score (nSPS) is 13.7. The van der Waals surface area contributed by atoms with Crippen molar-refractivity contribution in [1.82, 2.24) is 5.32 Å². The molecule has 0 aliphatic carbocycles. The largest absolute Gasteiger partial charge is 0.393 e. The first kappa shape index (κ1) is 8.92. The first-order chi connectivity index (χ1) is 4.27. The third-order valence-corrected chi connectivity index (χ3v) is 1.17. The van der Waals surface area contributed by atoms with E-state index in [1.54, 1.807) is 0 Å². The maximum absolute atomic E-state index is 8.81. The quantitative estimate of drug-likeness (QED) is 0.540. The molecule has 0 saturated carbocycles. The zero-order valence-corrected chi connectivity index (χ0v) is 6.35. The molecule has 2 N–H and O–H groups in total. The monoisotopic (exact) mass is 131 g/mol. The van der Waals surface area contributed by atoms with Crippen molar-refractivity contribution in [3.63, 3.8) is 0 Å². The summed E-state index contributed by atoms with van der Waals surface area (Å²) in [4.78, 5) is 0. The zero-order chi connectivity index (χ0) is 7.11. The SMILES string of the molecule is CCCNCC[C@@H](C)O. The summed E-state index contributed by atoms with van der Waals surface area (Å²) in [6, 6.07) is 0. The van der Waals surface area contributed by atoms with Crippen LogP contribution >= 0.6 is 0 Å². The van der Waals surface area contributed by atoms with E-state index in [0.717, 1.165) is 19.5 Å². The van der Waals surface area contributed by atoms with Crippen LogP contribution in [0.1, 0.15) is 26.7 Å². The highest BCUT2D eigenvalue weighted by Gasteiger charge is 1.92. The first-order valence-corrected chi connectivity index (χ1v) is 3.66. The molecule has 0 aromatic rings. The number of hydrogen-bond donors (Lipinski definition) is 2. The van der Waals surface area contributed by atoms with Crippen LogP contribution in [-0.2, 0) is 0 Å². The van der Waals surface area contributed by atoms with Crippen molar-refractivity contribution >= 4 is 0 Å². The van der Waals surface area contributed by atoms with Gasteiger partial charge in [0.05, 0.1) is 6.10 Å². The van der Waals surface area contributed by atoms with Gasteiger partial charge in [0.2, 0.25) is 0 Å². The number of rotatable bonds is 5. The molecule has 0 heterocycles. The number of aliphatic hydroxyl groups is 1. The summed E-state index contributed by atoms with van der Waals surface area (Å²) in [5.41, 5.74) is 0. The van der Waals surface area contributed by atoms with Gasteiger partial charge in [0.25, 0.3) is 0 Å². The Balaban J connectivity index is 2.75. The van der Waals surface area contributed by atoms with Crippen LogP contribution in [0.25, 0.3) is 0 Å². The minimum absolute atomic E-state index is 0.158. The second-order valence-electron chi connectivity index (χ2n) is 2.39. The van der Waals surface area contributed by atoms with Gasteiger partial charge in [0.15, 0.2) is 0 Å². The highest BCUT2D eigenvalue weighted by atomic mass is 16.3. The Labute approximate surface area is 57.3 Å². The molecule has 1 atom stereocenters. The molecule has 9 heavy (non-hydrogen) atoms. The second-order valence-corrected chi connectivity index (χ2v) is 2.39. The van der Waals surface area contributed by atoms with Gasteiger partial charge in [-0.1, -0.05) is 6.92 Å². The van der Waals surface area contributed by atoms with Crippen LogP contribution < -0.4 is 5.32 Å². The standard InChI is InChI=1S/C7H17NO/c1-3-5-8-6-4-7(2)9/h7-9H,3-6H2,1-2H3/t7-/m1/s1. The topological polar surface area (TPSA) is 32.3 Å². The van der Waals surface area contributed by atoms with Crippen molar-refractivity contribution in [2.75, 3.05) is 13.1 Å². The zero-order valence-electron chi connectivity index (χ0n) is 6.35. The molecule has 0 saturated heterocycles. The first-order valence-electron chi connectivity index (χ1n) is 3.66. The van der Waals surface area contributed by atoms with Crippen LogP contribution in [0.2, 0.25) is 0 Å². The lowest BCUT2D eigenvalue weighted by Gasteiger charge is -2.03. The van der Waals surface area contributed by atoms with Crippen LogP contribution in [0.3, 0.4) is 0 Å². The predicted octanol–water partition coefficient (Wildman–Crippen LogP) is 0.757. The summed E-state index contributed by atoms with van der Waals surface area (Å²) in [6.07, 6.45) is 1.87. The average molecular weight is 131 g/mol. The molecular weight excluding hydrogens is 114 g/mol. The summed E-state index contributed by atoms with van der Waals surface area (Å²) in [6.45, 7) is 5.95. The van der Waals surface area contributed by atoms with Gasteiger partial charge in [-0.3, -0.25) is 0 Å². The Bertz CT molecular complexity index is 54.9. The molecule has 0 aromatic heterocycles. The molecule has 56 valence electrons. The molecule has 0 aliphatic rings. The molecule has 0 unspecified atom stereocenters. The molecule has 0 rings (SSSR count). The van der Waals surface area contributed by atoms with Crippen LogP contribution in [0.15, 0.2) is 0 Å². The van der Waals surface area contributed by atoms with Gasteiger partial charge in [0.1, 0.15) is 0 Å². The van der Waals surface area contributed by atoms with E-state index in [1.807, 2.05) is 6.92 Å². The maximum Gasteiger partial charge on any atom is 0.0524 e. The van der Waals surface area contributed by atoms with Crippen molar-refractivity contribution in [3.05, 3.63) is 0 Å². The van der Waals surface area contributed by atoms with E-state index in [1.165, 1.54) is 6.42 Å². The molecule has 0 aromatic carbocycles. The summed E-state index contributed by atoms with van der Waals surface area (Å²) in [5.74, 6) is 0. The lowest BCUT2D eigenvalue weighted by atomic mass is 10.3. The highest BCUT2D eigenvalue weighted by molar-refractivity contribution is 4.50. The van der Waals surface area contributed by atoms with Gasteiger partial charge in [0, 0.05) is 0 Å². The van der Waals surface area contributed by atoms with E-state index in [0.29, 0.717) is 0 Å². The Morgan fingerprint density at radius 1 is 1.44 bits per heavy atom. The van der Waals surface area contributed by atoms with Gasteiger partial charge >= 0.3 is 0 Å². The Hall–Kier alpha value is -0.0800. The predicted molar refractivity (Wildman–Crippen MR) is 39.5 cm³/mol. The Kier molecular flexibility index (Phi) is 5.99. The molecule has 0 amide bonds. The average Bonchev–Trinajstić information content (AvgIpc) is 1.80. The fraction of sp³-hybridized carbons (Fsp3) is 1.00. The number of hydrogen-bond acceptors (Lipinski definition) is 2. The van der Waals surface area contributed by atoms with Gasteiger partial charge < -0.3 is 10.4 Å².